The number of hydrogen-bond donors (Lipinski definition) is 0. The zero-order chi connectivity index (χ0) is 15.3. The minimum atomic E-state index is -4.08. The van der Waals surface area contributed by atoms with Crippen LogP contribution in [0.1, 0.15) is 19.4 Å². The van der Waals surface area contributed by atoms with E-state index in [9.17, 15) is 8.42 Å². The maximum Gasteiger partial charge on any atom is 0.400 e. The minimum absolute atomic E-state index is 0.0172. The lowest BCUT2D eigenvalue weighted by Gasteiger charge is -2.16. The van der Waals surface area contributed by atoms with Gasteiger partial charge >= 0.3 is 10.4 Å². The maximum atomic E-state index is 11.5. The van der Waals surface area contributed by atoms with E-state index in [0.717, 1.165) is 0 Å². The summed E-state index contributed by atoms with van der Waals surface area (Å²) in [6, 6.07) is 4.78. The van der Waals surface area contributed by atoms with E-state index < -0.39 is 16.5 Å². The Bertz CT molecular complexity index is 599. The average molecular weight is 360 g/mol. The molecular formula is C12H13Cl3O4S. The number of benzene rings is 1. The topological polar surface area (TPSA) is 52.6 Å². The van der Waals surface area contributed by atoms with Crippen molar-refractivity contribution in [3.8, 4) is 0 Å². The molecule has 0 fully saturated rings. The van der Waals surface area contributed by atoms with Gasteiger partial charge in [-0.2, -0.15) is 8.42 Å². The van der Waals surface area contributed by atoms with Crippen LogP contribution in [0.25, 0.3) is 5.57 Å². The summed E-state index contributed by atoms with van der Waals surface area (Å²) in [4.78, 5) is 0. The lowest BCUT2D eigenvalue weighted by Crippen LogP contribution is -2.19. The highest BCUT2D eigenvalue weighted by atomic mass is 35.5. The zero-order valence-electron chi connectivity index (χ0n) is 10.8. The zero-order valence-corrected chi connectivity index (χ0v) is 13.9. The maximum absolute atomic E-state index is 11.5. The fourth-order valence-electron chi connectivity index (χ4n) is 1.49. The summed E-state index contributed by atoms with van der Waals surface area (Å²) in [5.41, 5.74) is 2.14. The van der Waals surface area contributed by atoms with Gasteiger partial charge in [0, 0.05) is 21.2 Å². The standard InChI is InChI=1S/C12H13Cl3O4S/c1-3-18-20(16,17)19-8(2)11(7-13)10-5-4-9(14)6-12(10)15/h4-8H,3H2,1-2H3/b11-7-. The first-order valence-electron chi connectivity index (χ1n) is 5.64. The third-order valence-corrected chi connectivity index (χ3v) is 4.15. The van der Waals surface area contributed by atoms with Gasteiger partial charge in [0.15, 0.2) is 0 Å². The number of rotatable bonds is 6. The van der Waals surface area contributed by atoms with Gasteiger partial charge < -0.3 is 0 Å². The molecule has 1 rings (SSSR count). The molecule has 0 amide bonds. The quantitative estimate of drug-likeness (QED) is 0.761. The molecule has 0 saturated carbocycles. The Morgan fingerprint density at radius 3 is 2.55 bits per heavy atom. The molecule has 1 aromatic rings. The van der Waals surface area contributed by atoms with Crippen molar-refractivity contribution in [3.63, 3.8) is 0 Å². The molecule has 0 radical (unpaired) electrons. The third kappa shape index (κ3) is 4.91. The molecule has 4 nitrogen and oxygen atoms in total. The molecule has 1 unspecified atom stereocenters. The fourth-order valence-corrected chi connectivity index (χ4v) is 3.10. The molecule has 0 N–H and O–H groups in total. The summed E-state index contributed by atoms with van der Waals surface area (Å²) < 4.78 is 32.3. The summed E-state index contributed by atoms with van der Waals surface area (Å²) in [6.07, 6.45) is -0.859. The van der Waals surface area contributed by atoms with E-state index in [1.54, 1.807) is 19.1 Å². The van der Waals surface area contributed by atoms with Gasteiger partial charge in [0.25, 0.3) is 0 Å². The van der Waals surface area contributed by atoms with Gasteiger partial charge in [0.05, 0.1) is 6.61 Å². The largest absolute Gasteiger partial charge is 0.400 e. The van der Waals surface area contributed by atoms with Gasteiger partial charge in [0.1, 0.15) is 6.10 Å². The van der Waals surface area contributed by atoms with E-state index >= 15 is 0 Å². The van der Waals surface area contributed by atoms with E-state index in [2.05, 4.69) is 4.18 Å². The van der Waals surface area contributed by atoms with E-state index in [1.165, 1.54) is 18.5 Å². The average Bonchev–Trinajstić information content (AvgIpc) is 2.31. The Balaban J connectivity index is 3.02. The second kappa shape index (κ2) is 7.64. The van der Waals surface area contributed by atoms with Crippen molar-refractivity contribution in [2.24, 2.45) is 0 Å². The molecule has 0 saturated heterocycles. The summed E-state index contributed by atoms with van der Waals surface area (Å²) >= 11 is 17.6. The summed E-state index contributed by atoms with van der Waals surface area (Å²) in [6.45, 7) is 3.05. The molecule has 0 aliphatic heterocycles. The van der Waals surface area contributed by atoms with Crippen LogP contribution in [0.15, 0.2) is 23.7 Å². The van der Waals surface area contributed by atoms with Gasteiger partial charge in [-0.3, -0.25) is 0 Å². The smallest absolute Gasteiger partial charge is 0.248 e. The van der Waals surface area contributed by atoms with Crippen LogP contribution in [-0.2, 0) is 18.8 Å². The van der Waals surface area contributed by atoms with E-state index in [0.29, 0.717) is 21.2 Å². The molecule has 0 bridgehead atoms. The second-order valence-corrected chi connectivity index (χ2v) is 6.05. The van der Waals surface area contributed by atoms with Gasteiger partial charge in [0.2, 0.25) is 0 Å². The van der Waals surface area contributed by atoms with Crippen molar-refractivity contribution in [1.82, 2.24) is 0 Å². The minimum Gasteiger partial charge on any atom is -0.248 e. The number of hydrogen-bond acceptors (Lipinski definition) is 4. The first-order valence-corrected chi connectivity index (χ1v) is 8.16. The normalized spacial score (nSPS) is 14.3. The fraction of sp³-hybridized carbons (Fsp3) is 0.333. The summed E-state index contributed by atoms with van der Waals surface area (Å²) in [5, 5.41) is 0.803. The molecular weight excluding hydrogens is 347 g/mol. The first-order chi connectivity index (χ1) is 9.30. The third-order valence-electron chi connectivity index (χ3n) is 2.32. The van der Waals surface area contributed by atoms with Crippen LogP contribution in [0.3, 0.4) is 0 Å². The van der Waals surface area contributed by atoms with Crippen molar-refractivity contribution in [2.75, 3.05) is 6.61 Å². The van der Waals surface area contributed by atoms with Crippen molar-refractivity contribution < 1.29 is 16.8 Å². The van der Waals surface area contributed by atoms with E-state index in [4.69, 9.17) is 39.0 Å². The van der Waals surface area contributed by atoms with Crippen LogP contribution < -0.4 is 0 Å². The van der Waals surface area contributed by atoms with Gasteiger partial charge in [-0.15, -0.1) is 0 Å². The Labute approximate surface area is 133 Å². The van der Waals surface area contributed by atoms with Crippen LogP contribution >= 0.6 is 34.8 Å². The monoisotopic (exact) mass is 358 g/mol. The van der Waals surface area contributed by atoms with Crippen molar-refractivity contribution in [2.45, 2.75) is 20.0 Å². The summed E-state index contributed by atoms with van der Waals surface area (Å²) in [7, 11) is -4.08. The number of halogens is 3. The van der Waals surface area contributed by atoms with Gasteiger partial charge in [-0.1, -0.05) is 40.9 Å². The van der Waals surface area contributed by atoms with Crippen molar-refractivity contribution in [1.29, 1.82) is 0 Å². The van der Waals surface area contributed by atoms with Crippen LogP contribution in [0.4, 0.5) is 0 Å². The van der Waals surface area contributed by atoms with Gasteiger partial charge in [-0.25, -0.2) is 8.37 Å². The predicted molar refractivity (Wildman–Crippen MR) is 81.4 cm³/mol. The Hall–Kier alpha value is -0.300. The first kappa shape index (κ1) is 17.8. The predicted octanol–water partition coefficient (Wildman–Crippen LogP) is 4.26. The van der Waals surface area contributed by atoms with Crippen molar-refractivity contribution >= 4 is 50.8 Å². The Kier molecular flexibility index (Phi) is 6.78. The molecule has 1 aromatic carbocycles. The highest BCUT2D eigenvalue weighted by Crippen LogP contribution is 2.31. The lowest BCUT2D eigenvalue weighted by molar-refractivity contribution is 0.203. The molecule has 0 heterocycles. The molecule has 0 spiro atoms. The molecule has 20 heavy (non-hydrogen) atoms. The Morgan fingerprint density at radius 1 is 1.40 bits per heavy atom. The highest BCUT2D eigenvalue weighted by molar-refractivity contribution is 7.81. The molecule has 0 aromatic heterocycles. The van der Waals surface area contributed by atoms with Gasteiger partial charge in [-0.05, 0) is 31.5 Å². The molecule has 112 valence electrons. The molecule has 0 aliphatic carbocycles. The van der Waals surface area contributed by atoms with E-state index in [-0.39, 0.29) is 6.61 Å². The van der Waals surface area contributed by atoms with E-state index in [1.807, 2.05) is 0 Å². The van der Waals surface area contributed by atoms with Crippen molar-refractivity contribution in [3.05, 3.63) is 39.3 Å². The summed E-state index contributed by atoms with van der Waals surface area (Å²) in [5.74, 6) is 0. The molecule has 0 aliphatic rings. The second-order valence-electron chi connectivity index (χ2n) is 3.74. The van der Waals surface area contributed by atoms with Crippen LogP contribution in [0.2, 0.25) is 10.0 Å². The van der Waals surface area contributed by atoms with Crippen LogP contribution in [0, 0.1) is 0 Å². The Morgan fingerprint density at radius 2 is 2.05 bits per heavy atom. The lowest BCUT2D eigenvalue weighted by atomic mass is 10.0. The highest BCUT2D eigenvalue weighted by Gasteiger charge is 2.22. The molecule has 8 heteroatoms. The van der Waals surface area contributed by atoms with Crippen LogP contribution in [0.5, 0.6) is 0 Å². The van der Waals surface area contributed by atoms with Crippen LogP contribution in [-0.4, -0.2) is 21.1 Å². The molecule has 1 atom stereocenters. The SMILES string of the molecule is CCOS(=O)(=O)OC(C)/C(=C/Cl)c1ccc(Cl)cc1Cl.